The van der Waals surface area contributed by atoms with Crippen molar-refractivity contribution in [2.45, 2.75) is 5.75 Å². The fourth-order valence-corrected chi connectivity index (χ4v) is 3.10. The van der Waals surface area contributed by atoms with E-state index in [1.54, 1.807) is 23.9 Å². The molecule has 2 N–H and O–H groups in total. The van der Waals surface area contributed by atoms with Gasteiger partial charge in [0.1, 0.15) is 0 Å². The van der Waals surface area contributed by atoms with Gasteiger partial charge in [0.25, 0.3) is 5.69 Å². The molecular weight excluding hydrogens is 356 g/mol. The third-order valence-corrected chi connectivity index (χ3v) is 4.52. The van der Waals surface area contributed by atoms with Gasteiger partial charge in [-0.1, -0.05) is 18.2 Å². The van der Waals surface area contributed by atoms with Gasteiger partial charge in [-0.15, -0.1) is 0 Å². The Morgan fingerprint density at radius 1 is 1.24 bits per heavy atom. The molecule has 0 unspecified atom stereocenters. The lowest BCUT2D eigenvalue weighted by Crippen LogP contribution is -2.30. The zero-order valence-corrected chi connectivity index (χ0v) is 14.9. The van der Waals surface area contributed by atoms with Crippen molar-refractivity contribution in [3.63, 3.8) is 0 Å². The van der Waals surface area contributed by atoms with Crippen LogP contribution in [-0.4, -0.2) is 22.3 Å². The molecule has 8 heteroatoms. The van der Waals surface area contributed by atoms with Gasteiger partial charge in [0.05, 0.1) is 16.6 Å². The van der Waals surface area contributed by atoms with Crippen molar-refractivity contribution in [1.82, 2.24) is 5.32 Å². The number of nitrogens with zero attached hydrogens (tertiary/aromatic N) is 2. The van der Waals surface area contributed by atoms with E-state index in [0.717, 1.165) is 17.1 Å². The van der Waals surface area contributed by atoms with Gasteiger partial charge in [0, 0.05) is 35.9 Å². The van der Waals surface area contributed by atoms with Crippen LogP contribution in [-0.2, 0) is 5.75 Å². The second-order valence-corrected chi connectivity index (χ2v) is 6.52. The Morgan fingerprint density at radius 3 is 2.64 bits per heavy atom. The summed E-state index contributed by atoms with van der Waals surface area (Å²) in [5.41, 5.74) is 2.47. The average molecular weight is 372 g/mol. The SMILES string of the molecule is N#Cc1ccccc1CSCCNC(=S)Nc1ccc([N+](=O)[O-])cc1. The second-order valence-electron chi connectivity index (χ2n) is 5.01. The Labute approximate surface area is 155 Å². The molecule has 0 heterocycles. The summed E-state index contributed by atoms with van der Waals surface area (Å²) in [6.45, 7) is 0.679. The summed E-state index contributed by atoms with van der Waals surface area (Å²) in [6, 6.07) is 15.8. The van der Waals surface area contributed by atoms with Crippen LogP contribution in [0.3, 0.4) is 0 Å². The Morgan fingerprint density at radius 2 is 1.96 bits per heavy atom. The molecular formula is C17H16N4O2S2. The summed E-state index contributed by atoms with van der Waals surface area (Å²) in [5, 5.41) is 26.2. The second kappa shape index (κ2) is 9.61. The maximum atomic E-state index is 10.6. The van der Waals surface area contributed by atoms with Crippen molar-refractivity contribution in [1.29, 1.82) is 5.26 Å². The first kappa shape index (κ1) is 18.7. The predicted molar refractivity (Wildman–Crippen MR) is 105 cm³/mol. The molecule has 0 aliphatic carbocycles. The molecule has 2 aromatic carbocycles. The summed E-state index contributed by atoms with van der Waals surface area (Å²) in [5.74, 6) is 1.61. The zero-order chi connectivity index (χ0) is 18.1. The summed E-state index contributed by atoms with van der Waals surface area (Å²) >= 11 is 6.91. The quantitative estimate of drug-likeness (QED) is 0.331. The van der Waals surface area contributed by atoms with E-state index < -0.39 is 4.92 Å². The molecule has 0 fully saturated rings. The topological polar surface area (TPSA) is 91.0 Å². The van der Waals surface area contributed by atoms with Crippen LogP contribution < -0.4 is 10.6 Å². The Kier molecular flexibility index (Phi) is 7.19. The van der Waals surface area contributed by atoms with Gasteiger partial charge < -0.3 is 10.6 Å². The van der Waals surface area contributed by atoms with Crippen molar-refractivity contribution in [2.75, 3.05) is 17.6 Å². The van der Waals surface area contributed by atoms with E-state index in [2.05, 4.69) is 16.7 Å². The number of nitrogens with one attached hydrogen (secondary N) is 2. The highest BCUT2D eigenvalue weighted by Crippen LogP contribution is 2.16. The van der Waals surface area contributed by atoms with Crippen LogP contribution >= 0.6 is 24.0 Å². The minimum absolute atomic E-state index is 0.0403. The van der Waals surface area contributed by atoms with Crippen LogP contribution in [0.25, 0.3) is 0 Å². The van der Waals surface area contributed by atoms with Gasteiger partial charge in [-0.05, 0) is 36.0 Å². The Bertz CT molecular complexity index is 788. The number of thioether (sulfide) groups is 1. The first-order valence-electron chi connectivity index (χ1n) is 7.45. The fraction of sp³-hybridized carbons (Fsp3) is 0.176. The molecule has 0 atom stereocenters. The lowest BCUT2D eigenvalue weighted by Gasteiger charge is -2.10. The van der Waals surface area contributed by atoms with Crippen LogP contribution in [0, 0.1) is 21.4 Å². The van der Waals surface area contributed by atoms with E-state index in [4.69, 9.17) is 17.5 Å². The number of nitriles is 1. The van der Waals surface area contributed by atoms with Crippen molar-refractivity contribution in [2.24, 2.45) is 0 Å². The first-order valence-corrected chi connectivity index (χ1v) is 9.01. The summed E-state index contributed by atoms with van der Waals surface area (Å²) in [6.07, 6.45) is 0. The van der Waals surface area contributed by atoms with Crippen LogP contribution in [0.2, 0.25) is 0 Å². The highest BCUT2D eigenvalue weighted by atomic mass is 32.2. The number of hydrogen-bond acceptors (Lipinski definition) is 5. The standard InChI is InChI=1S/C17H16N4O2S2/c18-11-13-3-1-2-4-14(13)12-25-10-9-19-17(24)20-15-5-7-16(8-6-15)21(22)23/h1-8H,9-10,12H2,(H2,19,20,24). The third-order valence-electron chi connectivity index (χ3n) is 3.26. The number of benzene rings is 2. The lowest BCUT2D eigenvalue weighted by molar-refractivity contribution is -0.384. The molecule has 2 rings (SSSR count). The van der Waals surface area contributed by atoms with E-state index in [1.807, 2.05) is 24.3 Å². The van der Waals surface area contributed by atoms with E-state index >= 15 is 0 Å². The predicted octanol–water partition coefficient (Wildman–Crippen LogP) is 3.69. The first-order chi connectivity index (χ1) is 12.1. The highest BCUT2D eigenvalue weighted by molar-refractivity contribution is 7.98. The van der Waals surface area contributed by atoms with Gasteiger partial charge >= 0.3 is 0 Å². The number of nitro groups is 1. The number of hydrogen-bond donors (Lipinski definition) is 2. The normalized spacial score (nSPS) is 9.88. The van der Waals surface area contributed by atoms with Crippen LogP contribution in [0.1, 0.15) is 11.1 Å². The van der Waals surface area contributed by atoms with Gasteiger partial charge in [-0.2, -0.15) is 17.0 Å². The molecule has 2 aromatic rings. The van der Waals surface area contributed by atoms with Crippen molar-refractivity contribution in [3.8, 4) is 6.07 Å². The minimum atomic E-state index is -0.442. The summed E-state index contributed by atoms with van der Waals surface area (Å²) in [7, 11) is 0. The van der Waals surface area contributed by atoms with Gasteiger partial charge in [-0.3, -0.25) is 10.1 Å². The number of nitro benzene ring substituents is 1. The van der Waals surface area contributed by atoms with Gasteiger partial charge in [-0.25, -0.2) is 0 Å². The number of thiocarbonyl (C=S) groups is 1. The van der Waals surface area contributed by atoms with Crippen molar-refractivity contribution < 1.29 is 4.92 Å². The maximum absolute atomic E-state index is 10.6. The smallest absolute Gasteiger partial charge is 0.269 e. The molecule has 0 amide bonds. The molecule has 128 valence electrons. The summed E-state index contributed by atoms with van der Waals surface area (Å²) in [4.78, 5) is 10.2. The zero-order valence-electron chi connectivity index (χ0n) is 13.3. The van der Waals surface area contributed by atoms with Crippen LogP contribution in [0.5, 0.6) is 0 Å². The summed E-state index contributed by atoms with van der Waals surface area (Å²) < 4.78 is 0. The van der Waals surface area contributed by atoms with Gasteiger partial charge in [0.2, 0.25) is 0 Å². The highest BCUT2D eigenvalue weighted by Gasteiger charge is 2.05. The average Bonchev–Trinajstić information content (AvgIpc) is 2.62. The molecule has 0 saturated heterocycles. The third kappa shape index (κ3) is 6.06. The molecule has 0 spiro atoms. The molecule has 0 aliphatic rings. The molecule has 0 aromatic heterocycles. The minimum Gasteiger partial charge on any atom is -0.362 e. The molecule has 0 saturated carbocycles. The van der Waals surface area contributed by atoms with E-state index in [9.17, 15) is 10.1 Å². The molecule has 0 bridgehead atoms. The number of non-ortho nitro benzene ring substituents is 1. The Hall–Kier alpha value is -2.63. The van der Waals surface area contributed by atoms with Crippen LogP contribution in [0.4, 0.5) is 11.4 Å². The van der Waals surface area contributed by atoms with Crippen LogP contribution in [0.15, 0.2) is 48.5 Å². The van der Waals surface area contributed by atoms with Crippen molar-refractivity contribution >= 4 is 40.5 Å². The maximum Gasteiger partial charge on any atom is 0.269 e. The van der Waals surface area contributed by atoms with Crippen molar-refractivity contribution in [3.05, 3.63) is 69.8 Å². The monoisotopic (exact) mass is 372 g/mol. The number of rotatable bonds is 7. The molecule has 25 heavy (non-hydrogen) atoms. The van der Waals surface area contributed by atoms with Gasteiger partial charge in [0.15, 0.2) is 5.11 Å². The molecule has 6 nitrogen and oxygen atoms in total. The Balaban J connectivity index is 1.68. The number of anilines is 1. The van der Waals surface area contributed by atoms with E-state index in [-0.39, 0.29) is 5.69 Å². The lowest BCUT2D eigenvalue weighted by atomic mass is 10.1. The molecule has 0 radical (unpaired) electrons. The van der Waals surface area contributed by atoms with E-state index in [0.29, 0.717) is 22.9 Å². The molecule has 0 aliphatic heterocycles. The van der Waals surface area contributed by atoms with E-state index in [1.165, 1.54) is 12.1 Å². The fourth-order valence-electron chi connectivity index (χ4n) is 2.02. The largest absolute Gasteiger partial charge is 0.362 e.